The van der Waals surface area contributed by atoms with Crippen LogP contribution in [0, 0.1) is 10.1 Å². The standard InChI is InChI=1S/C10H11BrN2O4/c1-2-3-12-9-7(11)4-6(10(14)15)5-8(9)13(16)17/h4-5,12H,2-3H2,1H3,(H,14,15). The van der Waals surface area contributed by atoms with Crippen LogP contribution in [-0.4, -0.2) is 22.5 Å². The fraction of sp³-hybridized carbons (Fsp3) is 0.300. The molecule has 0 saturated carbocycles. The van der Waals surface area contributed by atoms with Crippen LogP contribution in [0.3, 0.4) is 0 Å². The molecule has 0 radical (unpaired) electrons. The highest BCUT2D eigenvalue weighted by atomic mass is 79.9. The second kappa shape index (κ2) is 5.62. The molecule has 7 heteroatoms. The minimum absolute atomic E-state index is 0.120. The zero-order chi connectivity index (χ0) is 13.0. The molecular weight excluding hydrogens is 292 g/mol. The summed E-state index contributed by atoms with van der Waals surface area (Å²) < 4.78 is 0.373. The molecule has 0 atom stereocenters. The third kappa shape index (κ3) is 3.16. The second-order valence-electron chi connectivity index (χ2n) is 3.34. The van der Waals surface area contributed by atoms with E-state index in [9.17, 15) is 14.9 Å². The number of halogens is 1. The van der Waals surface area contributed by atoms with Crippen LogP contribution in [0.2, 0.25) is 0 Å². The average molecular weight is 303 g/mol. The van der Waals surface area contributed by atoms with Crippen LogP contribution >= 0.6 is 15.9 Å². The number of hydrogen-bond acceptors (Lipinski definition) is 4. The van der Waals surface area contributed by atoms with Gasteiger partial charge in [-0.1, -0.05) is 6.92 Å². The van der Waals surface area contributed by atoms with Crippen LogP contribution < -0.4 is 5.32 Å². The van der Waals surface area contributed by atoms with Crippen LogP contribution in [0.5, 0.6) is 0 Å². The van der Waals surface area contributed by atoms with Crippen molar-refractivity contribution in [2.75, 3.05) is 11.9 Å². The van der Waals surface area contributed by atoms with Crippen LogP contribution in [0.4, 0.5) is 11.4 Å². The maximum atomic E-state index is 10.9. The topological polar surface area (TPSA) is 92.5 Å². The lowest BCUT2D eigenvalue weighted by Crippen LogP contribution is -2.06. The minimum atomic E-state index is -1.20. The fourth-order valence-electron chi connectivity index (χ4n) is 1.28. The van der Waals surface area contributed by atoms with Crippen molar-refractivity contribution in [1.82, 2.24) is 0 Å². The second-order valence-corrected chi connectivity index (χ2v) is 4.20. The molecule has 0 fully saturated rings. The number of carboxylic acids is 1. The Balaban J connectivity index is 3.28. The van der Waals surface area contributed by atoms with Crippen LogP contribution in [0.15, 0.2) is 16.6 Å². The maximum Gasteiger partial charge on any atom is 0.335 e. The highest BCUT2D eigenvalue weighted by molar-refractivity contribution is 9.10. The van der Waals surface area contributed by atoms with Gasteiger partial charge in [0, 0.05) is 17.1 Å². The number of rotatable bonds is 5. The van der Waals surface area contributed by atoms with E-state index in [1.54, 1.807) is 0 Å². The van der Waals surface area contributed by atoms with Gasteiger partial charge in [-0.3, -0.25) is 10.1 Å². The molecule has 0 aliphatic carbocycles. The third-order valence-corrected chi connectivity index (χ3v) is 2.69. The predicted molar refractivity (Wildman–Crippen MR) is 66.5 cm³/mol. The summed E-state index contributed by atoms with van der Waals surface area (Å²) in [6, 6.07) is 2.39. The molecule has 0 aliphatic rings. The number of nitro benzene ring substituents is 1. The van der Waals surface area contributed by atoms with E-state index < -0.39 is 10.9 Å². The molecule has 1 rings (SSSR count). The van der Waals surface area contributed by atoms with Gasteiger partial charge in [-0.2, -0.15) is 0 Å². The molecule has 0 heterocycles. The van der Waals surface area contributed by atoms with Crippen molar-refractivity contribution < 1.29 is 14.8 Å². The fourth-order valence-corrected chi connectivity index (χ4v) is 1.87. The zero-order valence-corrected chi connectivity index (χ0v) is 10.7. The number of nitro groups is 1. The molecule has 2 N–H and O–H groups in total. The van der Waals surface area contributed by atoms with E-state index in [1.165, 1.54) is 6.07 Å². The smallest absolute Gasteiger partial charge is 0.335 e. The Morgan fingerprint density at radius 2 is 2.24 bits per heavy atom. The van der Waals surface area contributed by atoms with Crippen molar-refractivity contribution >= 4 is 33.3 Å². The Morgan fingerprint density at radius 1 is 1.59 bits per heavy atom. The molecule has 1 aromatic rings. The molecule has 0 unspecified atom stereocenters. The van der Waals surface area contributed by atoms with Gasteiger partial charge in [0.25, 0.3) is 5.69 Å². The summed E-state index contributed by atoms with van der Waals surface area (Å²) in [6.07, 6.45) is 0.810. The summed E-state index contributed by atoms with van der Waals surface area (Å²) in [5.74, 6) is -1.20. The first-order chi connectivity index (χ1) is 7.97. The highest BCUT2D eigenvalue weighted by Crippen LogP contribution is 2.34. The third-order valence-electron chi connectivity index (χ3n) is 2.06. The normalized spacial score (nSPS) is 10.0. The van der Waals surface area contributed by atoms with Crippen molar-refractivity contribution in [2.45, 2.75) is 13.3 Å². The summed E-state index contributed by atoms with van der Waals surface area (Å²) in [4.78, 5) is 21.1. The number of carboxylic acid groups (broad SMARTS) is 1. The van der Waals surface area contributed by atoms with Crippen molar-refractivity contribution in [3.63, 3.8) is 0 Å². The van der Waals surface area contributed by atoms with Crippen LogP contribution in [0.1, 0.15) is 23.7 Å². The highest BCUT2D eigenvalue weighted by Gasteiger charge is 2.20. The molecule has 1 aromatic carbocycles. The number of nitrogens with zero attached hydrogens (tertiary/aromatic N) is 1. The largest absolute Gasteiger partial charge is 0.478 e. The lowest BCUT2D eigenvalue weighted by Gasteiger charge is -2.09. The van der Waals surface area contributed by atoms with Crippen LogP contribution in [-0.2, 0) is 0 Å². The van der Waals surface area contributed by atoms with E-state index in [4.69, 9.17) is 5.11 Å². The Bertz CT molecular complexity index is 462. The zero-order valence-electron chi connectivity index (χ0n) is 9.07. The average Bonchev–Trinajstić information content (AvgIpc) is 2.26. The maximum absolute atomic E-state index is 10.9. The first-order valence-corrected chi connectivity index (χ1v) is 5.71. The van der Waals surface area contributed by atoms with Crippen LogP contribution in [0.25, 0.3) is 0 Å². The van der Waals surface area contributed by atoms with Crippen molar-refractivity contribution in [2.24, 2.45) is 0 Å². The van der Waals surface area contributed by atoms with E-state index in [0.29, 0.717) is 16.7 Å². The minimum Gasteiger partial charge on any atom is -0.478 e. The lowest BCUT2D eigenvalue weighted by atomic mass is 10.1. The molecule has 0 amide bonds. The van der Waals surface area contributed by atoms with Gasteiger partial charge in [-0.15, -0.1) is 0 Å². The molecule has 17 heavy (non-hydrogen) atoms. The number of nitrogens with one attached hydrogen (secondary N) is 1. The van der Waals surface area contributed by atoms with Gasteiger partial charge < -0.3 is 10.4 Å². The molecule has 92 valence electrons. The SMILES string of the molecule is CCCNc1c(Br)cc(C(=O)O)cc1[N+](=O)[O-]. The van der Waals surface area contributed by atoms with E-state index in [0.717, 1.165) is 12.5 Å². The van der Waals surface area contributed by atoms with Gasteiger partial charge in [-0.25, -0.2) is 4.79 Å². The molecule has 0 aliphatic heterocycles. The number of hydrogen-bond donors (Lipinski definition) is 2. The lowest BCUT2D eigenvalue weighted by molar-refractivity contribution is -0.384. The van der Waals surface area contributed by atoms with E-state index in [2.05, 4.69) is 21.2 Å². The number of anilines is 1. The van der Waals surface area contributed by atoms with E-state index in [-0.39, 0.29) is 11.3 Å². The van der Waals surface area contributed by atoms with Gasteiger partial charge in [-0.05, 0) is 28.4 Å². The summed E-state index contributed by atoms with van der Waals surface area (Å²) in [5.41, 5.74) is -0.0577. The molecule has 0 spiro atoms. The Kier molecular flexibility index (Phi) is 4.45. The first kappa shape index (κ1) is 13.4. The molecule has 6 nitrogen and oxygen atoms in total. The molecule has 0 bridgehead atoms. The molecule has 0 saturated heterocycles. The Hall–Kier alpha value is -1.63. The number of carbonyl (C=O) groups is 1. The van der Waals surface area contributed by atoms with E-state index in [1.807, 2.05) is 6.92 Å². The Morgan fingerprint density at radius 3 is 2.71 bits per heavy atom. The summed E-state index contributed by atoms with van der Waals surface area (Å²) >= 11 is 3.13. The first-order valence-electron chi connectivity index (χ1n) is 4.92. The Labute approximate surface area is 106 Å². The van der Waals surface area contributed by atoms with Gasteiger partial charge >= 0.3 is 5.97 Å². The molecular formula is C10H11BrN2O4. The molecule has 0 aromatic heterocycles. The number of benzene rings is 1. The van der Waals surface area contributed by atoms with Gasteiger partial charge in [0.05, 0.1) is 10.5 Å². The monoisotopic (exact) mass is 302 g/mol. The van der Waals surface area contributed by atoms with Gasteiger partial charge in [0.2, 0.25) is 0 Å². The number of aromatic carboxylic acids is 1. The van der Waals surface area contributed by atoms with E-state index >= 15 is 0 Å². The summed E-state index contributed by atoms with van der Waals surface area (Å²) in [7, 11) is 0. The van der Waals surface area contributed by atoms with Gasteiger partial charge in [0.15, 0.2) is 0 Å². The van der Waals surface area contributed by atoms with Gasteiger partial charge in [0.1, 0.15) is 5.69 Å². The summed E-state index contributed by atoms with van der Waals surface area (Å²) in [6.45, 7) is 2.50. The van der Waals surface area contributed by atoms with Crippen molar-refractivity contribution in [1.29, 1.82) is 0 Å². The van der Waals surface area contributed by atoms with Crippen molar-refractivity contribution in [3.05, 3.63) is 32.3 Å². The quantitative estimate of drug-likeness (QED) is 0.644. The summed E-state index contributed by atoms with van der Waals surface area (Å²) in [5, 5.41) is 22.6. The van der Waals surface area contributed by atoms with Crippen molar-refractivity contribution in [3.8, 4) is 0 Å². The predicted octanol–water partition coefficient (Wildman–Crippen LogP) is 2.88.